The van der Waals surface area contributed by atoms with Crippen LogP contribution in [0.15, 0.2) is 0 Å². The van der Waals surface area contributed by atoms with Crippen molar-refractivity contribution in [3.63, 3.8) is 0 Å². The molecule has 0 amide bonds. The van der Waals surface area contributed by atoms with E-state index in [0.29, 0.717) is 12.8 Å². The van der Waals surface area contributed by atoms with Gasteiger partial charge < -0.3 is 20.1 Å². The Kier molecular flexibility index (Phi) is 3.24. The lowest BCUT2D eigenvalue weighted by Gasteiger charge is -2.23. The molecule has 0 heterocycles. The van der Waals surface area contributed by atoms with Crippen molar-refractivity contribution in [2.75, 3.05) is 6.61 Å². The quantitative estimate of drug-likeness (QED) is 0.398. The summed E-state index contributed by atoms with van der Waals surface area (Å²) < 4.78 is 4.66. The normalized spacial score (nSPS) is 22.7. The molecular formula is C8H14O5. The summed E-state index contributed by atoms with van der Waals surface area (Å²) >= 11 is 0. The molecule has 5 nitrogen and oxygen atoms in total. The number of esters is 1. The van der Waals surface area contributed by atoms with E-state index in [1.165, 1.54) is 0 Å². The molecular weight excluding hydrogens is 176 g/mol. The van der Waals surface area contributed by atoms with Crippen LogP contribution in [0.4, 0.5) is 0 Å². The second kappa shape index (κ2) is 4.04. The molecule has 3 N–H and O–H groups in total. The minimum absolute atomic E-state index is 0.400. The summed E-state index contributed by atoms with van der Waals surface area (Å²) in [7, 11) is 0. The first-order valence-electron chi connectivity index (χ1n) is 4.31. The lowest BCUT2D eigenvalue weighted by molar-refractivity contribution is -0.215. The molecule has 0 aromatic heterocycles. The van der Waals surface area contributed by atoms with E-state index in [-0.39, 0.29) is 0 Å². The van der Waals surface area contributed by atoms with E-state index in [0.717, 1.165) is 12.8 Å². The first-order valence-corrected chi connectivity index (χ1v) is 4.31. The standard InChI is InChI=1S/C8H14O5/c9-5-6(10)7(11)13-8(12)3-1-2-4-8/h6,9-10,12H,1-5H2/t6-/m1/s1. The molecule has 1 atom stereocenters. The molecule has 0 aromatic carbocycles. The van der Waals surface area contributed by atoms with E-state index in [4.69, 9.17) is 10.2 Å². The zero-order chi connectivity index (χ0) is 9.90. The van der Waals surface area contributed by atoms with E-state index < -0.39 is 24.5 Å². The average Bonchev–Trinajstić information content (AvgIpc) is 2.50. The topological polar surface area (TPSA) is 87.0 Å². The molecule has 1 aliphatic rings. The van der Waals surface area contributed by atoms with Gasteiger partial charge in [0.05, 0.1) is 6.61 Å². The van der Waals surface area contributed by atoms with Crippen molar-refractivity contribution in [2.45, 2.75) is 37.6 Å². The van der Waals surface area contributed by atoms with Crippen LogP contribution in [-0.4, -0.2) is 39.8 Å². The summed E-state index contributed by atoms with van der Waals surface area (Å²) in [6, 6.07) is 0. The van der Waals surface area contributed by atoms with Crippen LogP contribution in [0.5, 0.6) is 0 Å². The number of ether oxygens (including phenoxy) is 1. The monoisotopic (exact) mass is 190 g/mol. The van der Waals surface area contributed by atoms with Crippen molar-refractivity contribution < 1.29 is 24.9 Å². The first-order chi connectivity index (χ1) is 6.07. The predicted octanol–water partition coefficient (Wildman–Crippen LogP) is -0.855. The van der Waals surface area contributed by atoms with E-state index >= 15 is 0 Å². The summed E-state index contributed by atoms with van der Waals surface area (Å²) in [5.41, 5.74) is 0. The minimum atomic E-state index is -1.55. The van der Waals surface area contributed by atoms with Crippen molar-refractivity contribution in [1.82, 2.24) is 0 Å². The Bertz CT molecular complexity index is 185. The molecule has 0 saturated heterocycles. The Labute approximate surface area is 75.9 Å². The van der Waals surface area contributed by atoms with Gasteiger partial charge in [-0.25, -0.2) is 4.79 Å². The summed E-state index contributed by atoms with van der Waals surface area (Å²) in [5.74, 6) is -2.39. The molecule has 1 rings (SSSR count). The maximum Gasteiger partial charge on any atom is 0.339 e. The van der Waals surface area contributed by atoms with Gasteiger partial charge in [-0.15, -0.1) is 0 Å². The zero-order valence-electron chi connectivity index (χ0n) is 7.27. The van der Waals surface area contributed by atoms with Gasteiger partial charge in [0.25, 0.3) is 0 Å². The third-order valence-electron chi connectivity index (χ3n) is 2.12. The number of aliphatic hydroxyl groups excluding tert-OH is 2. The van der Waals surface area contributed by atoms with E-state index in [9.17, 15) is 9.90 Å². The lowest BCUT2D eigenvalue weighted by Crippen LogP contribution is -2.37. The van der Waals surface area contributed by atoms with Crippen LogP contribution in [0.1, 0.15) is 25.7 Å². The van der Waals surface area contributed by atoms with Crippen molar-refractivity contribution >= 4 is 5.97 Å². The number of carbonyl (C=O) groups is 1. The Morgan fingerprint density at radius 3 is 2.46 bits per heavy atom. The fourth-order valence-corrected chi connectivity index (χ4v) is 1.36. The van der Waals surface area contributed by atoms with Crippen molar-refractivity contribution in [3.05, 3.63) is 0 Å². The highest BCUT2D eigenvalue weighted by molar-refractivity contribution is 5.74. The molecule has 5 heteroatoms. The van der Waals surface area contributed by atoms with Crippen LogP contribution < -0.4 is 0 Å². The number of aliphatic hydroxyl groups is 3. The molecule has 0 aliphatic heterocycles. The number of hydrogen-bond acceptors (Lipinski definition) is 5. The van der Waals surface area contributed by atoms with E-state index in [2.05, 4.69) is 4.74 Å². The van der Waals surface area contributed by atoms with Gasteiger partial charge in [0.1, 0.15) is 0 Å². The maximum atomic E-state index is 10.9. The molecule has 0 spiro atoms. The molecule has 0 unspecified atom stereocenters. The summed E-state index contributed by atoms with van der Waals surface area (Å²) in [4.78, 5) is 10.9. The average molecular weight is 190 g/mol. The molecule has 0 bridgehead atoms. The molecule has 1 saturated carbocycles. The highest BCUT2D eigenvalue weighted by atomic mass is 16.7. The Morgan fingerprint density at radius 1 is 1.46 bits per heavy atom. The molecule has 0 aromatic rings. The van der Waals surface area contributed by atoms with Gasteiger partial charge in [0.15, 0.2) is 6.10 Å². The van der Waals surface area contributed by atoms with Crippen LogP contribution >= 0.6 is 0 Å². The fraction of sp³-hybridized carbons (Fsp3) is 0.875. The SMILES string of the molecule is O=C(OC1(O)CCCC1)[C@H](O)CO. The molecule has 13 heavy (non-hydrogen) atoms. The van der Waals surface area contributed by atoms with E-state index in [1.807, 2.05) is 0 Å². The molecule has 1 aliphatic carbocycles. The number of rotatable bonds is 3. The Morgan fingerprint density at radius 2 is 2.00 bits per heavy atom. The largest absolute Gasteiger partial charge is 0.431 e. The predicted molar refractivity (Wildman–Crippen MR) is 42.6 cm³/mol. The lowest BCUT2D eigenvalue weighted by atomic mass is 10.2. The van der Waals surface area contributed by atoms with Crippen LogP contribution in [0.2, 0.25) is 0 Å². The van der Waals surface area contributed by atoms with Gasteiger partial charge in [-0.1, -0.05) is 0 Å². The third kappa shape index (κ3) is 2.65. The number of hydrogen-bond donors (Lipinski definition) is 3. The second-order valence-corrected chi connectivity index (χ2v) is 3.27. The Balaban J connectivity index is 2.43. The fourth-order valence-electron chi connectivity index (χ4n) is 1.36. The van der Waals surface area contributed by atoms with Crippen molar-refractivity contribution in [1.29, 1.82) is 0 Å². The van der Waals surface area contributed by atoms with Crippen molar-refractivity contribution in [3.8, 4) is 0 Å². The van der Waals surface area contributed by atoms with Gasteiger partial charge in [-0.3, -0.25) is 0 Å². The van der Waals surface area contributed by atoms with Crippen LogP contribution in [0, 0.1) is 0 Å². The summed E-state index contributed by atoms with van der Waals surface area (Å²) in [6.45, 7) is -0.686. The van der Waals surface area contributed by atoms with Gasteiger partial charge in [0.2, 0.25) is 5.79 Å². The summed E-state index contributed by atoms with van der Waals surface area (Å²) in [6.07, 6.45) is 0.857. The van der Waals surface area contributed by atoms with Crippen LogP contribution in [-0.2, 0) is 9.53 Å². The first kappa shape index (κ1) is 10.4. The van der Waals surface area contributed by atoms with Crippen LogP contribution in [0.25, 0.3) is 0 Å². The summed E-state index contributed by atoms with van der Waals surface area (Å²) in [5, 5.41) is 26.9. The van der Waals surface area contributed by atoms with E-state index in [1.54, 1.807) is 0 Å². The van der Waals surface area contributed by atoms with Gasteiger partial charge in [0, 0.05) is 12.8 Å². The molecule has 1 fully saturated rings. The molecule has 0 radical (unpaired) electrons. The minimum Gasteiger partial charge on any atom is -0.431 e. The zero-order valence-corrected chi connectivity index (χ0v) is 7.27. The number of carbonyl (C=O) groups excluding carboxylic acids is 1. The maximum absolute atomic E-state index is 10.9. The second-order valence-electron chi connectivity index (χ2n) is 3.27. The third-order valence-corrected chi connectivity index (χ3v) is 2.12. The van der Waals surface area contributed by atoms with Crippen LogP contribution in [0.3, 0.4) is 0 Å². The Hall–Kier alpha value is -0.650. The smallest absolute Gasteiger partial charge is 0.339 e. The van der Waals surface area contributed by atoms with Crippen molar-refractivity contribution in [2.24, 2.45) is 0 Å². The van der Waals surface area contributed by atoms with Gasteiger partial charge in [-0.2, -0.15) is 0 Å². The highest BCUT2D eigenvalue weighted by Gasteiger charge is 2.36. The van der Waals surface area contributed by atoms with Gasteiger partial charge >= 0.3 is 5.97 Å². The highest BCUT2D eigenvalue weighted by Crippen LogP contribution is 2.30. The van der Waals surface area contributed by atoms with Gasteiger partial charge in [-0.05, 0) is 12.8 Å². The molecule has 76 valence electrons.